The Balaban J connectivity index is 2.39. The van der Waals surface area contributed by atoms with Gasteiger partial charge in [0.05, 0.1) is 16.3 Å². The summed E-state index contributed by atoms with van der Waals surface area (Å²) in [7, 11) is 0. The van der Waals surface area contributed by atoms with Crippen molar-refractivity contribution in [3.8, 4) is 6.07 Å². The fraction of sp³-hybridized carbons (Fsp3) is 0. The van der Waals surface area contributed by atoms with Crippen molar-refractivity contribution in [1.29, 1.82) is 5.26 Å². The molecule has 1 amide bonds. The lowest BCUT2D eigenvalue weighted by Crippen LogP contribution is -2.15. The summed E-state index contributed by atoms with van der Waals surface area (Å²) in [5.41, 5.74) is -0.729. The minimum absolute atomic E-state index is 0.0446. The fourth-order valence-corrected chi connectivity index (χ4v) is 1.89. The van der Waals surface area contributed by atoms with Crippen LogP contribution in [-0.4, -0.2) is 5.91 Å². The molecule has 0 aliphatic heterocycles. The van der Waals surface area contributed by atoms with Gasteiger partial charge in [-0.05, 0) is 24.3 Å². The molecule has 100 valence electrons. The minimum Gasteiger partial charge on any atom is -0.321 e. The van der Waals surface area contributed by atoms with E-state index in [2.05, 4.69) is 5.32 Å². The Labute approximate surface area is 118 Å². The molecular formula is C14H7ClF2N2O. The molecule has 2 aromatic rings. The van der Waals surface area contributed by atoms with Crippen molar-refractivity contribution < 1.29 is 13.6 Å². The molecule has 0 saturated carbocycles. The zero-order chi connectivity index (χ0) is 14.7. The van der Waals surface area contributed by atoms with Crippen LogP contribution in [0.5, 0.6) is 0 Å². The number of benzene rings is 2. The summed E-state index contributed by atoms with van der Waals surface area (Å²) in [6.07, 6.45) is 0. The molecule has 2 rings (SSSR count). The minimum atomic E-state index is -0.852. The molecule has 0 radical (unpaired) electrons. The van der Waals surface area contributed by atoms with Crippen LogP contribution in [0.15, 0.2) is 36.4 Å². The number of amides is 1. The number of nitrogens with zero attached hydrogens (tertiary/aromatic N) is 1. The van der Waals surface area contributed by atoms with Gasteiger partial charge in [-0.15, -0.1) is 0 Å². The number of anilines is 1. The van der Waals surface area contributed by atoms with Gasteiger partial charge in [0.2, 0.25) is 0 Å². The Bertz CT molecular complexity index is 705. The maximum absolute atomic E-state index is 13.6. The summed E-state index contributed by atoms with van der Waals surface area (Å²) in [6, 6.07) is 9.19. The molecule has 0 heterocycles. The fourth-order valence-electron chi connectivity index (χ4n) is 1.64. The van der Waals surface area contributed by atoms with Gasteiger partial charge < -0.3 is 5.32 Å². The van der Waals surface area contributed by atoms with Crippen molar-refractivity contribution in [2.24, 2.45) is 0 Å². The van der Waals surface area contributed by atoms with Gasteiger partial charge >= 0.3 is 0 Å². The van der Waals surface area contributed by atoms with Crippen LogP contribution in [0.4, 0.5) is 14.5 Å². The SMILES string of the molecule is N#Cc1c(F)cccc1NC(=O)c1c(F)cccc1Cl. The molecule has 0 aliphatic carbocycles. The highest BCUT2D eigenvalue weighted by Crippen LogP contribution is 2.23. The second-order valence-electron chi connectivity index (χ2n) is 3.82. The molecule has 0 fully saturated rings. The molecule has 0 aliphatic rings. The predicted molar refractivity (Wildman–Crippen MR) is 70.5 cm³/mol. The van der Waals surface area contributed by atoms with Gasteiger partial charge in [0.25, 0.3) is 5.91 Å². The Morgan fingerprint density at radius 2 is 1.80 bits per heavy atom. The molecule has 0 saturated heterocycles. The van der Waals surface area contributed by atoms with Crippen LogP contribution in [0.2, 0.25) is 5.02 Å². The third-order valence-corrected chi connectivity index (χ3v) is 2.88. The van der Waals surface area contributed by atoms with E-state index in [0.29, 0.717) is 0 Å². The van der Waals surface area contributed by atoms with Gasteiger partial charge in [0.1, 0.15) is 23.3 Å². The Morgan fingerprint density at radius 3 is 2.45 bits per heavy atom. The molecule has 0 unspecified atom stereocenters. The van der Waals surface area contributed by atoms with Crippen molar-refractivity contribution in [3.63, 3.8) is 0 Å². The van der Waals surface area contributed by atoms with E-state index >= 15 is 0 Å². The van der Waals surface area contributed by atoms with Gasteiger partial charge in [0, 0.05) is 0 Å². The maximum atomic E-state index is 13.6. The number of carbonyl (C=O) groups is 1. The smallest absolute Gasteiger partial charge is 0.260 e. The van der Waals surface area contributed by atoms with Crippen molar-refractivity contribution >= 4 is 23.2 Å². The second kappa shape index (κ2) is 5.68. The Hall–Kier alpha value is -2.45. The number of carbonyl (C=O) groups excluding carboxylic acids is 1. The number of hydrogen-bond donors (Lipinski definition) is 1. The maximum Gasteiger partial charge on any atom is 0.260 e. The van der Waals surface area contributed by atoms with Crippen molar-refractivity contribution in [1.82, 2.24) is 0 Å². The summed E-state index contributed by atoms with van der Waals surface area (Å²) in [5.74, 6) is -2.43. The van der Waals surface area contributed by atoms with E-state index in [0.717, 1.165) is 12.1 Å². The highest BCUT2D eigenvalue weighted by molar-refractivity contribution is 6.34. The molecular weight excluding hydrogens is 286 g/mol. The molecule has 0 aromatic heterocycles. The molecule has 6 heteroatoms. The molecule has 0 atom stereocenters. The zero-order valence-electron chi connectivity index (χ0n) is 9.95. The summed E-state index contributed by atoms with van der Waals surface area (Å²) >= 11 is 5.76. The first-order chi connectivity index (χ1) is 9.54. The normalized spacial score (nSPS) is 9.90. The Morgan fingerprint density at radius 1 is 1.15 bits per heavy atom. The lowest BCUT2D eigenvalue weighted by molar-refractivity contribution is 0.102. The van der Waals surface area contributed by atoms with E-state index in [-0.39, 0.29) is 21.8 Å². The summed E-state index contributed by atoms with van der Waals surface area (Å²) in [6.45, 7) is 0. The number of rotatable bonds is 2. The average Bonchev–Trinajstić information content (AvgIpc) is 2.38. The van der Waals surface area contributed by atoms with Gasteiger partial charge in [-0.25, -0.2) is 8.78 Å². The first-order valence-corrected chi connectivity index (χ1v) is 5.86. The number of hydrogen-bond acceptors (Lipinski definition) is 2. The van der Waals surface area contributed by atoms with Crippen molar-refractivity contribution in [2.45, 2.75) is 0 Å². The number of nitrogens with one attached hydrogen (secondary N) is 1. The summed E-state index contributed by atoms with van der Waals surface area (Å²) in [4.78, 5) is 12.0. The molecule has 2 aromatic carbocycles. The van der Waals surface area contributed by atoms with E-state index in [1.165, 1.54) is 24.3 Å². The quantitative estimate of drug-likeness (QED) is 0.916. The van der Waals surface area contributed by atoms with Crippen LogP contribution in [-0.2, 0) is 0 Å². The molecule has 0 spiro atoms. The van der Waals surface area contributed by atoms with Gasteiger partial charge in [-0.1, -0.05) is 23.7 Å². The van der Waals surface area contributed by atoms with Gasteiger partial charge in [0.15, 0.2) is 0 Å². The van der Waals surface area contributed by atoms with E-state index in [9.17, 15) is 13.6 Å². The lowest BCUT2D eigenvalue weighted by Gasteiger charge is -2.09. The van der Waals surface area contributed by atoms with E-state index in [1.54, 1.807) is 6.07 Å². The highest BCUT2D eigenvalue weighted by Gasteiger charge is 2.18. The largest absolute Gasteiger partial charge is 0.321 e. The summed E-state index contributed by atoms with van der Waals surface area (Å²) < 4.78 is 27.0. The predicted octanol–water partition coefficient (Wildman–Crippen LogP) is 3.74. The number of nitriles is 1. The van der Waals surface area contributed by atoms with Crippen LogP contribution in [0.1, 0.15) is 15.9 Å². The van der Waals surface area contributed by atoms with E-state index in [4.69, 9.17) is 16.9 Å². The monoisotopic (exact) mass is 292 g/mol. The zero-order valence-corrected chi connectivity index (χ0v) is 10.7. The van der Waals surface area contributed by atoms with Gasteiger partial charge in [-0.2, -0.15) is 5.26 Å². The van der Waals surface area contributed by atoms with Crippen LogP contribution in [0, 0.1) is 23.0 Å². The molecule has 1 N–H and O–H groups in total. The van der Waals surface area contributed by atoms with Crippen molar-refractivity contribution in [2.75, 3.05) is 5.32 Å². The third kappa shape index (κ3) is 2.60. The highest BCUT2D eigenvalue weighted by atomic mass is 35.5. The van der Waals surface area contributed by atoms with E-state index < -0.39 is 17.5 Å². The second-order valence-corrected chi connectivity index (χ2v) is 4.23. The first-order valence-electron chi connectivity index (χ1n) is 5.48. The van der Waals surface area contributed by atoms with Crippen LogP contribution >= 0.6 is 11.6 Å². The molecule has 20 heavy (non-hydrogen) atoms. The first kappa shape index (κ1) is 14.0. The molecule has 3 nitrogen and oxygen atoms in total. The average molecular weight is 293 g/mol. The topological polar surface area (TPSA) is 52.9 Å². The molecule has 0 bridgehead atoms. The van der Waals surface area contributed by atoms with Crippen molar-refractivity contribution in [3.05, 3.63) is 64.2 Å². The van der Waals surface area contributed by atoms with Crippen LogP contribution < -0.4 is 5.32 Å². The number of halogens is 3. The Kier molecular flexibility index (Phi) is 3.97. The lowest BCUT2D eigenvalue weighted by atomic mass is 10.1. The standard InChI is InChI=1S/C14H7ClF2N2O/c15-9-3-1-5-11(17)13(9)14(20)19-12-6-2-4-10(16)8(12)7-18/h1-6H,(H,19,20). The van der Waals surface area contributed by atoms with Gasteiger partial charge in [-0.3, -0.25) is 4.79 Å². The van der Waals surface area contributed by atoms with Crippen LogP contribution in [0.3, 0.4) is 0 Å². The third-order valence-electron chi connectivity index (χ3n) is 2.56. The van der Waals surface area contributed by atoms with Crippen LogP contribution in [0.25, 0.3) is 0 Å². The van der Waals surface area contributed by atoms with E-state index in [1.807, 2.05) is 0 Å². The summed E-state index contributed by atoms with van der Waals surface area (Å²) in [5, 5.41) is 11.1.